The van der Waals surface area contributed by atoms with Gasteiger partial charge in [-0.3, -0.25) is 4.79 Å². The maximum absolute atomic E-state index is 12.0. The van der Waals surface area contributed by atoms with Crippen LogP contribution in [-0.4, -0.2) is 24.1 Å². The van der Waals surface area contributed by atoms with Crippen molar-refractivity contribution in [3.63, 3.8) is 0 Å². The van der Waals surface area contributed by atoms with Crippen molar-refractivity contribution in [1.29, 1.82) is 0 Å². The lowest BCUT2D eigenvalue weighted by Crippen LogP contribution is -2.25. The van der Waals surface area contributed by atoms with Gasteiger partial charge in [0.15, 0.2) is 0 Å². The van der Waals surface area contributed by atoms with Gasteiger partial charge in [0.25, 0.3) is 5.91 Å². The number of carbonyl (C=O) groups excluding carboxylic acids is 1. The van der Waals surface area contributed by atoms with Gasteiger partial charge in [-0.25, -0.2) is 0 Å². The van der Waals surface area contributed by atoms with Gasteiger partial charge in [-0.2, -0.15) is 0 Å². The van der Waals surface area contributed by atoms with Crippen molar-refractivity contribution in [1.82, 2.24) is 9.88 Å². The highest BCUT2D eigenvalue weighted by Gasteiger charge is 2.10. The summed E-state index contributed by atoms with van der Waals surface area (Å²) < 4.78 is 7.26. The molecule has 1 N–H and O–H groups in total. The number of nitrogens with zero attached hydrogens (tertiary/aromatic N) is 1. The highest BCUT2D eigenvalue weighted by molar-refractivity contribution is 5.96. The minimum Gasteiger partial charge on any atom is -0.496 e. The van der Waals surface area contributed by atoms with Gasteiger partial charge in [-0.05, 0) is 30.7 Å². The number of rotatable bonds is 6. The van der Waals surface area contributed by atoms with Crippen molar-refractivity contribution in [3.05, 3.63) is 54.4 Å². The molecule has 19 heavy (non-hydrogen) atoms. The number of para-hydroxylation sites is 1. The van der Waals surface area contributed by atoms with E-state index < -0.39 is 0 Å². The number of ether oxygens (including phenoxy) is 1. The highest BCUT2D eigenvalue weighted by atomic mass is 16.5. The van der Waals surface area contributed by atoms with Crippen LogP contribution in [0.5, 0.6) is 5.75 Å². The van der Waals surface area contributed by atoms with E-state index >= 15 is 0 Å². The lowest BCUT2D eigenvalue weighted by molar-refractivity contribution is 0.0949. The predicted molar refractivity (Wildman–Crippen MR) is 74.4 cm³/mol. The molecule has 2 rings (SSSR count). The van der Waals surface area contributed by atoms with Crippen molar-refractivity contribution in [2.75, 3.05) is 13.7 Å². The highest BCUT2D eigenvalue weighted by Crippen LogP contribution is 2.16. The topological polar surface area (TPSA) is 43.3 Å². The Morgan fingerprint density at radius 3 is 2.68 bits per heavy atom. The first-order valence-electron chi connectivity index (χ1n) is 6.33. The van der Waals surface area contributed by atoms with Crippen LogP contribution in [0.1, 0.15) is 16.8 Å². The Labute approximate surface area is 113 Å². The summed E-state index contributed by atoms with van der Waals surface area (Å²) in [4.78, 5) is 12.0. The molecule has 2 aromatic rings. The van der Waals surface area contributed by atoms with Crippen LogP contribution in [0.25, 0.3) is 0 Å². The molecular formula is C15H18N2O2. The SMILES string of the molecule is COc1ccccc1C(=O)NCCCn1cccc1. The van der Waals surface area contributed by atoms with Gasteiger partial charge in [-0.15, -0.1) is 0 Å². The number of methoxy groups -OCH3 is 1. The smallest absolute Gasteiger partial charge is 0.255 e. The van der Waals surface area contributed by atoms with Gasteiger partial charge >= 0.3 is 0 Å². The average molecular weight is 258 g/mol. The van der Waals surface area contributed by atoms with Crippen LogP contribution in [0.2, 0.25) is 0 Å². The number of amides is 1. The minimum atomic E-state index is -0.0926. The largest absolute Gasteiger partial charge is 0.496 e. The summed E-state index contributed by atoms with van der Waals surface area (Å²) in [5, 5.41) is 2.90. The number of benzene rings is 1. The number of aryl methyl sites for hydroxylation is 1. The molecule has 0 saturated heterocycles. The number of hydrogen-bond acceptors (Lipinski definition) is 2. The van der Waals surface area contributed by atoms with Crippen molar-refractivity contribution < 1.29 is 9.53 Å². The summed E-state index contributed by atoms with van der Waals surface area (Å²) in [6.07, 6.45) is 4.93. The molecule has 1 heterocycles. The van der Waals surface area contributed by atoms with Gasteiger partial charge in [0.05, 0.1) is 12.7 Å². The fraction of sp³-hybridized carbons (Fsp3) is 0.267. The molecule has 1 aromatic carbocycles. The van der Waals surface area contributed by atoms with E-state index in [4.69, 9.17) is 4.74 Å². The summed E-state index contributed by atoms with van der Waals surface area (Å²) in [6, 6.07) is 11.2. The van der Waals surface area contributed by atoms with E-state index in [0.29, 0.717) is 17.9 Å². The summed E-state index contributed by atoms with van der Waals surface area (Å²) in [6.45, 7) is 1.55. The summed E-state index contributed by atoms with van der Waals surface area (Å²) in [7, 11) is 1.57. The van der Waals surface area contributed by atoms with E-state index in [1.807, 2.05) is 36.7 Å². The second-order valence-electron chi connectivity index (χ2n) is 4.23. The summed E-state index contributed by atoms with van der Waals surface area (Å²) in [5.74, 6) is 0.510. The van der Waals surface area contributed by atoms with Gasteiger partial charge in [0, 0.05) is 25.5 Å². The lowest BCUT2D eigenvalue weighted by Gasteiger charge is -2.09. The molecule has 0 fully saturated rings. The molecule has 0 radical (unpaired) electrons. The summed E-state index contributed by atoms with van der Waals surface area (Å²) in [5.41, 5.74) is 0.575. The van der Waals surface area contributed by atoms with E-state index in [1.54, 1.807) is 19.2 Å². The molecule has 0 atom stereocenters. The monoisotopic (exact) mass is 258 g/mol. The zero-order chi connectivity index (χ0) is 13.5. The molecule has 0 bridgehead atoms. The Morgan fingerprint density at radius 2 is 1.95 bits per heavy atom. The molecular weight excluding hydrogens is 240 g/mol. The Kier molecular flexibility index (Phi) is 4.61. The molecule has 0 aliphatic heterocycles. The van der Waals surface area contributed by atoms with Crippen molar-refractivity contribution in [2.24, 2.45) is 0 Å². The fourth-order valence-electron chi connectivity index (χ4n) is 1.91. The Bertz CT molecular complexity index is 521. The van der Waals surface area contributed by atoms with Gasteiger partial charge in [0.1, 0.15) is 5.75 Å². The van der Waals surface area contributed by atoms with Crippen molar-refractivity contribution in [2.45, 2.75) is 13.0 Å². The van der Waals surface area contributed by atoms with Gasteiger partial charge in [-0.1, -0.05) is 12.1 Å². The average Bonchev–Trinajstić information content (AvgIpc) is 2.96. The fourth-order valence-corrected chi connectivity index (χ4v) is 1.91. The molecule has 0 aliphatic rings. The Hall–Kier alpha value is -2.23. The maximum Gasteiger partial charge on any atom is 0.255 e. The van der Waals surface area contributed by atoms with Gasteiger partial charge < -0.3 is 14.6 Å². The lowest BCUT2D eigenvalue weighted by atomic mass is 10.2. The van der Waals surface area contributed by atoms with E-state index in [9.17, 15) is 4.79 Å². The standard InChI is InChI=1S/C15H18N2O2/c1-19-14-8-3-2-7-13(14)15(18)16-9-6-12-17-10-4-5-11-17/h2-5,7-8,10-11H,6,9,12H2,1H3,(H,16,18). The molecule has 4 heteroatoms. The molecule has 0 saturated carbocycles. The van der Waals surface area contributed by atoms with Crippen molar-refractivity contribution in [3.8, 4) is 5.75 Å². The van der Waals surface area contributed by atoms with E-state index in [-0.39, 0.29) is 5.91 Å². The number of nitrogens with one attached hydrogen (secondary N) is 1. The van der Waals surface area contributed by atoms with Crippen LogP contribution in [0.15, 0.2) is 48.8 Å². The first-order valence-corrected chi connectivity index (χ1v) is 6.33. The maximum atomic E-state index is 12.0. The van der Waals surface area contributed by atoms with Crippen molar-refractivity contribution >= 4 is 5.91 Å². The van der Waals surface area contributed by atoms with Crippen LogP contribution in [-0.2, 0) is 6.54 Å². The molecule has 1 amide bonds. The normalized spacial score (nSPS) is 10.2. The summed E-state index contributed by atoms with van der Waals surface area (Å²) >= 11 is 0. The van der Waals surface area contributed by atoms with Crippen LogP contribution < -0.4 is 10.1 Å². The molecule has 100 valence electrons. The predicted octanol–water partition coefficient (Wildman–Crippen LogP) is 2.32. The van der Waals surface area contributed by atoms with E-state index in [2.05, 4.69) is 9.88 Å². The third-order valence-electron chi connectivity index (χ3n) is 2.90. The van der Waals surface area contributed by atoms with Crippen LogP contribution in [0.4, 0.5) is 0 Å². The molecule has 4 nitrogen and oxygen atoms in total. The Morgan fingerprint density at radius 1 is 1.21 bits per heavy atom. The number of hydrogen-bond donors (Lipinski definition) is 1. The number of carbonyl (C=O) groups is 1. The van der Waals surface area contributed by atoms with Gasteiger partial charge in [0.2, 0.25) is 0 Å². The second kappa shape index (κ2) is 6.64. The van der Waals surface area contributed by atoms with E-state index in [0.717, 1.165) is 13.0 Å². The Balaban J connectivity index is 1.81. The number of aromatic nitrogens is 1. The molecule has 0 aliphatic carbocycles. The minimum absolute atomic E-state index is 0.0926. The van der Waals surface area contributed by atoms with E-state index in [1.165, 1.54) is 0 Å². The molecule has 0 spiro atoms. The zero-order valence-corrected chi connectivity index (χ0v) is 11.0. The second-order valence-corrected chi connectivity index (χ2v) is 4.23. The molecule has 0 unspecified atom stereocenters. The molecule has 1 aromatic heterocycles. The first kappa shape index (κ1) is 13.2. The van der Waals surface area contributed by atoms with Crippen LogP contribution >= 0.6 is 0 Å². The quantitative estimate of drug-likeness (QED) is 0.808. The van der Waals surface area contributed by atoms with Crippen LogP contribution in [0, 0.1) is 0 Å². The first-order chi connectivity index (χ1) is 9.31. The zero-order valence-electron chi connectivity index (χ0n) is 11.0. The van der Waals surface area contributed by atoms with Crippen LogP contribution in [0.3, 0.4) is 0 Å². The third-order valence-corrected chi connectivity index (χ3v) is 2.90. The third kappa shape index (κ3) is 3.61.